The number of halogens is 1. The van der Waals surface area contributed by atoms with E-state index in [-0.39, 0.29) is 11.8 Å². The van der Waals surface area contributed by atoms with Crippen LogP contribution in [0.3, 0.4) is 0 Å². The summed E-state index contributed by atoms with van der Waals surface area (Å²) < 4.78 is 0. The summed E-state index contributed by atoms with van der Waals surface area (Å²) in [6.45, 7) is 2.05. The molecule has 1 amide bonds. The Labute approximate surface area is 146 Å². The molecule has 0 saturated heterocycles. The first-order valence-corrected chi connectivity index (χ1v) is 8.10. The highest BCUT2D eigenvalue weighted by Crippen LogP contribution is 2.33. The highest BCUT2D eigenvalue weighted by molar-refractivity contribution is 6.34. The zero-order valence-corrected chi connectivity index (χ0v) is 14.0. The number of hydrogen-bond donors (Lipinski definition) is 1. The lowest BCUT2D eigenvalue weighted by molar-refractivity contribution is 0.102. The third kappa shape index (κ3) is 3.47. The molecular weight excluding hydrogens is 320 g/mol. The highest BCUT2D eigenvalue weighted by atomic mass is 35.5. The number of aromatic nitrogens is 1. The maximum Gasteiger partial charge on any atom is 0.255 e. The van der Waals surface area contributed by atoms with Gasteiger partial charge in [0.25, 0.3) is 5.91 Å². The predicted molar refractivity (Wildman–Crippen MR) is 97.6 cm³/mol. The Hall–Kier alpha value is -2.65. The molecule has 1 N–H and O–H groups in total. The van der Waals surface area contributed by atoms with Crippen LogP contribution in [0.15, 0.2) is 72.9 Å². The van der Waals surface area contributed by atoms with Crippen LogP contribution < -0.4 is 5.32 Å². The Morgan fingerprint density at radius 2 is 1.62 bits per heavy atom. The maximum atomic E-state index is 12.3. The summed E-state index contributed by atoms with van der Waals surface area (Å²) in [7, 11) is 0. The molecule has 1 aromatic heterocycles. The van der Waals surface area contributed by atoms with E-state index >= 15 is 0 Å². The summed E-state index contributed by atoms with van der Waals surface area (Å²) in [6.07, 6.45) is 1.67. The Morgan fingerprint density at radius 1 is 1.00 bits per heavy atom. The van der Waals surface area contributed by atoms with Gasteiger partial charge in [0.15, 0.2) is 0 Å². The molecule has 3 rings (SSSR count). The third-order valence-electron chi connectivity index (χ3n) is 3.91. The van der Waals surface area contributed by atoms with Crippen molar-refractivity contribution in [3.05, 3.63) is 94.8 Å². The third-order valence-corrected chi connectivity index (χ3v) is 4.31. The molecule has 0 aliphatic rings. The average Bonchev–Trinajstić information content (AvgIpc) is 2.64. The summed E-state index contributed by atoms with van der Waals surface area (Å²) in [5.41, 5.74) is 3.02. The van der Waals surface area contributed by atoms with Crippen LogP contribution in [-0.2, 0) is 0 Å². The van der Waals surface area contributed by atoms with Gasteiger partial charge in [-0.05, 0) is 23.8 Å². The number of pyridine rings is 1. The van der Waals surface area contributed by atoms with Crippen molar-refractivity contribution in [2.24, 2.45) is 0 Å². The zero-order valence-electron chi connectivity index (χ0n) is 13.2. The van der Waals surface area contributed by atoms with Crippen LogP contribution in [0.5, 0.6) is 0 Å². The number of rotatable bonds is 4. The number of carbonyl (C=O) groups is 1. The summed E-state index contributed by atoms with van der Waals surface area (Å²) in [5.74, 6) is -0.158. The second-order valence-corrected chi connectivity index (χ2v) is 5.89. The molecule has 120 valence electrons. The van der Waals surface area contributed by atoms with Crippen LogP contribution in [0.1, 0.15) is 34.5 Å². The van der Waals surface area contributed by atoms with Gasteiger partial charge in [0.2, 0.25) is 0 Å². The first-order valence-electron chi connectivity index (χ1n) is 7.72. The van der Waals surface area contributed by atoms with Crippen molar-refractivity contribution in [2.75, 3.05) is 5.32 Å². The van der Waals surface area contributed by atoms with Gasteiger partial charge in [0.05, 0.1) is 16.4 Å². The molecule has 0 bridgehead atoms. The van der Waals surface area contributed by atoms with Gasteiger partial charge in [-0.2, -0.15) is 0 Å². The van der Waals surface area contributed by atoms with Gasteiger partial charge >= 0.3 is 0 Å². The first-order chi connectivity index (χ1) is 11.7. The Morgan fingerprint density at radius 3 is 2.29 bits per heavy atom. The van der Waals surface area contributed by atoms with Crippen LogP contribution in [0.4, 0.5) is 5.69 Å². The zero-order chi connectivity index (χ0) is 16.9. The molecule has 1 heterocycles. The largest absolute Gasteiger partial charge is 0.321 e. The van der Waals surface area contributed by atoms with Crippen LogP contribution in [0.25, 0.3) is 0 Å². The summed E-state index contributed by atoms with van der Waals surface area (Å²) >= 11 is 6.51. The molecule has 0 aliphatic carbocycles. The van der Waals surface area contributed by atoms with Gasteiger partial charge in [-0.15, -0.1) is 0 Å². The Kier molecular flexibility index (Phi) is 4.92. The van der Waals surface area contributed by atoms with Crippen molar-refractivity contribution in [3.8, 4) is 0 Å². The molecule has 0 aliphatic heterocycles. The topological polar surface area (TPSA) is 42.0 Å². The molecule has 0 unspecified atom stereocenters. The van der Waals surface area contributed by atoms with Gasteiger partial charge in [0.1, 0.15) is 0 Å². The number of carbonyl (C=O) groups excluding carboxylic acids is 1. The second kappa shape index (κ2) is 7.28. The number of amides is 1. The lowest BCUT2D eigenvalue weighted by Crippen LogP contribution is -2.13. The van der Waals surface area contributed by atoms with Crippen molar-refractivity contribution in [1.82, 2.24) is 4.98 Å². The minimum Gasteiger partial charge on any atom is -0.321 e. The molecule has 1 atom stereocenters. The summed E-state index contributed by atoms with van der Waals surface area (Å²) in [6, 6.07) is 20.8. The van der Waals surface area contributed by atoms with E-state index in [1.165, 1.54) is 0 Å². The quantitative estimate of drug-likeness (QED) is 0.716. The SMILES string of the molecule is C[C@H](c1ccccc1)c1nccc(NC(=O)c2ccccc2)c1Cl. The molecular formula is C20H17ClN2O. The molecule has 24 heavy (non-hydrogen) atoms. The van der Waals surface area contributed by atoms with Crippen LogP contribution in [0.2, 0.25) is 5.02 Å². The lowest BCUT2D eigenvalue weighted by Gasteiger charge is -2.15. The lowest BCUT2D eigenvalue weighted by atomic mass is 9.97. The van der Waals surface area contributed by atoms with Crippen LogP contribution in [-0.4, -0.2) is 10.9 Å². The molecule has 4 heteroatoms. The highest BCUT2D eigenvalue weighted by Gasteiger charge is 2.17. The summed E-state index contributed by atoms with van der Waals surface area (Å²) in [4.78, 5) is 16.7. The van der Waals surface area contributed by atoms with E-state index in [1.807, 2.05) is 55.5 Å². The standard InChI is InChI=1S/C20H17ClN2O/c1-14(15-8-4-2-5-9-15)19-18(21)17(12-13-22-19)23-20(24)16-10-6-3-7-11-16/h2-14H,1H3,(H,22,23,24)/t14-/m1/s1. The normalized spacial score (nSPS) is 11.8. The predicted octanol–water partition coefficient (Wildman–Crippen LogP) is 5.14. The molecule has 3 nitrogen and oxygen atoms in total. The average molecular weight is 337 g/mol. The smallest absolute Gasteiger partial charge is 0.255 e. The fourth-order valence-corrected chi connectivity index (χ4v) is 2.86. The van der Waals surface area contributed by atoms with E-state index in [4.69, 9.17) is 11.6 Å². The fraction of sp³-hybridized carbons (Fsp3) is 0.100. The van der Waals surface area contributed by atoms with E-state index < -0.39 is 0 Å². The molecule has 3 aromatic rings. The van der Waals surface area contributed by atoms with Crippen LogP contribution >= 0.6 is 11.6 Å². The van der Waals surface area contributed by atoms with E-state index in [1.54, 1.807) is 24.4 Å². The number of benzene rings is 2. The molecule has 0 saturated carbocycles. The van der Waals surface area contributed by atoms with Crippen molar-refractivity contribution in [2.45, 2.75) is 12.8 Å². The van der Waals surface area contributed by atoms with Crippen molar-refractivity contribution in [3.63, 3.8) is 0 Å². The molecule has 0 fully saturated rings. The number of anilines is 1. The van der Waals surface area contributed by atoms with Gasteiger partial charge in [-0.3, -0.25) is 9.78 Å². The number of nitrogens with zero attached hydrogens (tertiary/aromatic N) is 1. The van der Waals surface area contributed by atoms with E-state index in [9.17, 15) is 4.79 Å². The van der Waals surface area contributed by atoms with Crippen molar-refractivity contribution < 1.29 is 4.79 Å². The Bertz CT molecular complexity index is 835. The number of nitrogens with one attached hydrogen (secondary N) is 1. The fourth-order valence-electron chi connectivity index (χ4n) is 2.54. The van der Waals surface area contributed by atoms with Gasteiger partial charge in [0, 0.05) is 17.7 Å². The Balaban J connectivity index is 1.87. The molecule has 0 radical (unpaired) electrons. The maximum absolute atomic E-state index is 12.3. The minimum atomic E-state index is -0.193. The monoisotopic (exact) mass is 336 g/mol. The second-order valence-electron chi connectivity index (χ2n) is 5.51. The van der Waals surface area contributed by atoms with E-state index in [2.05, 4.69) is 10.3 Å². The van der Waals surface area contributed by atoms with Crippen molar-refractivity contribution >= 4 is 23.2 Å². The van der Waals surface area contributed by atoms with Gasteiger partial charge in [-0.25, -0.2) is 0 Å². The van der Waals surface area contributed by atoms with E-state index in [0.29, 0.717) is 16.3 Å². The molecule has 0 spiro atoms. The van der Waals surface area contributed by atoms with Gasteiger partial charge in [-0.1, -0.05) is 67.1 Å². The van der Waals surface area contributed by atoms with E-state index in [0.717, 1.165) is 11.3 Å². The summed E-state index contributed by atoms with van der Waals surface area (Å²) in [5, 5.41) is 3.33. The first kappa shape index (κ1) is 16.2. The van der Waals surface area contributed by atoms with Gasteiger partial charge < -0.3 is 5.32 Å². The molecule has 2 aromatic carbocycles. The number of hydrogen-bond acceptors (Lipinski definition) is 2. The van der Waals surface area contributed by atoms with Crippen LogP contribution in [0, 0.1) is 0 Å². The van der Waals surface area contributed by atoms with Crippen molar-refractivity contribution in [1.29, 1.82) is 0 Å². The minimum absolute atomic E-state index is 0.0345.